The van der Waals surface area contributed by atoms with Gasteiger partial charge < -0.3 is 0 Å². The summed E-state index contributed by atoms with van der Waals surface area (Å²) in [4.78, 5) is 16.7. The molecule has 0 N–H and O–H groups in total. The summed E-state index contributed by atoms with van der Waals surface area (Å²) >= 11 is 4.71. The number of ketones is 1. The van der Waals surface area contributed by atoms with Crippen molar-refractivity contribution in [1.82, 2.24) is 4.98 Å². The molecule has 19 heavy (non-hydrogen) atoms. The lowest BCUT2D eigenvalue weighted by atomic mass is 9.98. The third-order valence-corrected chi connectivity index (χ3v) is 4.09. The highest BCUT2D eigenvalue weighted by molar-refractivity contribution is 9.10. The highest BCUT2D eigenvalue weighted by atomic mass is 79.9. The molecule has 0 saturated heterocycles. The van der Waals surface area contributed by atoms with Gasteiger partial charge in [0.15, 0.2) is 11.7 Å². The van der Waals surface area contributed by atoms with Crippen molar-refractivity contribution in [3.05, 3.63) is 49.9 Å². The number of carbonyl (C=O) groups is 1. The van der Waals surface area contributed by atoms with Crippen molar-refractivity contribution in [3.63, 3.8) is 0 Å². The van der Waals surface area contributed by atoms with E-state index >= 15 is 0 Å². The molecule has 1 heterocycles. The molecule has 0 fully saturated rings. The van der Waals surface area contributed by atoms with Crippen LogP contribution in [0, 0.1) is 25.2 Å². The number of rotatable bonds is 3. The highest BCUT2D eigenvalue weighted by Gasteiger charge is 2.24. The molecule has 96 valence electrons. The van der Waals surface area contributed by atoms with Gasteiger partial charge in [0.1, 0.15) is 5.01 Å². The Kier molecular flexibility index (Phi) is 4.13. The van der Waals surface area contributed by atoms with E-state index in [1.54, 1.807) is 12.1 Å². The Morgan fingerprint density at radius 3 is 2.68 bits per heavy atom. The van der Waals surface area contributed by atoms with Crippen molar-refractivity contribution in [2.24, 2.45) is 0 Å². The van der Waals surface area contributed by atoms with E-state index in [0.717, 1.165) is 15.7 Å². The van der Waals surface area contributed by atoms with E-state index in [1.165, 1.54) is 11.3 Å². The number of benzene rings is 1. The van der Waals surface area contributed by atoms with Crippen molar-refractivity contribution >= 4 is 33.0 Å². The number of hydrogen-bond donors (Lipinski definition) is 0. The number of hydrogen-bond acceptors (Lipinski definition) is 4. The summed E-state index contributed by atoms with van der Waals surface area (Å²) in [5.74, 6) is -1.03. The van der Waals surface area contributed by atoms with Gasteiger partial charge in [-0.05, 0) is 37.6 Å². The van der Waals surface area contributed by atoms with E-state index in [-0.39, 0.29) is 5.78 Å². The van der Waals surface area contributed by atoms with Crippen LogP contribution in [-0.2, 0) is 0 Å². The number of Topliss-reactive ketones (excluding diaryl/α,β-unsaturated/α-hetero) is 1. The fraction of sp³-hybridized carbons (Fsp3) is 0.214. The lowest BCUT2D eigenvalue weighted by molar-refractivity contribution is 0.0978. The van der Waals surface area contributed by atoms with Crippen LogP contribution >= 0.6 is 27.3 Å². The van der Waals surface area contributed by atoms with Crippen LogP contribution in [0.5, 0.6) is 0 Å². The second kappa shape index (κ2) is 5.64. The SMILES string of the molecule is Cc1cc(Br)cc(C(=O)C(C#N)c2nc(C)cs2)c1. The Morgan fingerprint density at radius 2 is 2.16 bits per heavy atom. The first-order chi connectivity index (χ1) is 9.01. The zero-order valence-electron chi connectivity index (χ0n) is 10.5. The molecule has 0 spiro atoms. The third-order valence-electron chi connectivity index (χ3n) is 2.60. The number of thiazole rings is 1. The summed E-state index contributed by atoms with van der Waals surface area (Å²) in [6, 6.07) is 7.50. The van der Waals surface area contributed by atoms with E-state index < -0.39 is 5.92 Å². The van der Waals surface area contributed by atoms with Gasteiger partial charge in [0, 0.05) is 21.1 Å². The summed E-state index contributed by atoms with van der Waals surface area (Å²) in [5.41, 5.74) is 2.34. The van der Waals surface area contributed by atoms with Crippen molar-refractivity contribution in [2.75, 3.05) is 0 Å². The number of aromatic nitrogens is 1. The van der Waals surface area contributed by atoms with Gasteiger partial charge in [-0.3, -0.25) is 4.79 Å². The number of nitrogens with zero attached hydrogens (tertiary/aromatic N) is 2. The van der Waals surface area contributed by atoms with Crippen molar-refractivity contribution in [1.29, 1.82) is 5.26 Å². The first kappa shape index (κ1) is 13.9. The number of carbonyl (C=O) groups excluding carboxylic acids is 1. The molecule has 0 amide bonds. The Bertz CT molecular complexity index is 652. The second-order valence-corrected chi connectivity index (χ2v) is 6.08. The topological polar surface area (TPSA) is 53.8 Å². The average molecular weight is 335 g/mol. The Hall–Kier alpha value is -1.51. The lowest BCUT2D eigenvalue weighted by Crippen LogP contribution is -2.11. The standard InChI is InChI=1S/C14H11BrN2OS/c1-8-3-10(5-11(15)4-8)13(18)12(6-16)14-17-9(2)7-19-14/h3-5,7,12H,1-2H3. The molecule has 2 aromatic rings. The van der Waals surface area contributed by atoms with Crippen LogP contribution in [0.2, 0.25) is 0 Å². The molecule has 5 heteroatoms. The smallest absolute Gasteiger partial charge is 0.186 e. The van der Waals surface area contributed by atoms with Gasteiger partial charge in [-0.15, -0.1) is 11.3 Å². The van der Waals surface area contributed by atoms with Crippen molar-refractivity contribution < 1.29 is 4.79 Å². The zero-order chi connectivity index (χ0) is 14.0. The Morgan fingerprint density at radius 1 is 1.42 bits per heavy atom. The Labute approximate surface area is 124 Å². The fourth-order valence-electron chi connectivity index (χ4n) is 1.78. The average Bonchev–Trinajstić information content (AvgIpc) is 2.75. The van der Waals surface area contributed by atoms with Crippen LogP contribution < -0.4 is 0 Å². The van der Waals surface area contributed by atoms with E-state index in [1.807, 2.05) is 25.3 Å². The molecule has 3 nitrogen and oxygen atoms in total. The summed E-state index contributed by atoms with van der Waals surface area (Å²) in [6.45, 7) is 3.76. The van der Waals surface area contributed by atoms with Crippen LogP contribution in [-0.4, -0.2) is 10.8 Å². The van der Waals surface area contributed by atoms with Gasteiger partial charge in [0.05, 0.1) is 6.07 Å². The maximum absolute atomic E-state index is 12.4. The molecule has 0 aliphatic carbocycles. The van der Waals surface area contributed by atoms with E-state index in [2.05, 4.69) is 27.0 Å². The maximum atomic E-state index is 12.4. The molecule has 0 radical (unpaired) electrons. The molecule has 1 aromatic heterocycles. The second-order valence-electron chi connectivity index (χ2n) is 4.27. The van der Waals surface area contributed by atoms with Gasteiger partial charge >= 0.3 is 0 Å². The summed E-state index contributed by atoms with van der Waals surface area (Å²) in [7, 11) is 0. The van der Waals surface area contributed by atoms with Crippen LogP contribution in [0.15, 0.2) is 28.1 Å². The largest absolute Gasteiger partial charge is 0.292 e. The highest BCUT2D eigenvalue weighted by Crippen LogP contribution is 2.25. The molecular formula is C14H11BrN2OS. The van der Waals surface area contributed by atoms with E-state index in [4.69, 9.17) is 0 Å². The minimum atomic E-state index is -0.826. The number of halogens is 1. The van der Waals surface area contributed by atoms with Crippen LogP contribution in [0.4, 0.5) is 0 Å². The summed E-state index contributed by atoms with van der Waals surface area (Å²) in [6.07, 6.45) is 0. The number of aryl methyl sites for hydroxylation is 2. The summed E-state index contributed by atoms with van der Waals surface area (Å²) in [5, 5.41) is 11.6. The minimum absolute atomic E-state index is 0.207. The monoisotopic (exact) mass is 334 g/mol. The normalized spacial score (nSPS) is 11.9. The van der Waals surface area contributed by atoms with Gasteiger partial charge in [-0.1, -0.05) is 15.9 Å². The molecule has 1 atom stereocenters. The number of nitriles is 1. The van der Waals surface area contributed by atoms with Gasteiger partial charge in [-0.2, -0.15) is 5.26 Å². The molecule has 0 aliphatic heterocycles. The molecule has 0 bridgehead atoms. The fourth-order valence-corrected chi connectivity index (χ4v) is 3.22. The molecule has 1 unspecified atom stereocenters. The molecule has 0 aliphatic rings. The molecule has 1 aromatic carbocycles. The third kappa shape index (κ3) is 3.09. The molecule has 2 rings (SSSR count). The van der Waals surface area contributed by atoms with Crippen LogP contribution in [0.3, 0.4) is 0 Å². The Balaban J connectivity index is 2.39. The first-order valence-corrected chi connectivity index (χ1v) is 7.31. The van der Waals surface area contributed by atoms with Crippen LogP contribution in [0.1, 0.15) is 32.5 Å². The molecular weight excluding hydrogens is 324 g/mol. The quantitative estimate of drug-likeness (QED) is 0.796. The zero-order valence-corrected chi connectivity index (χ0v) is 12.9. The van der Waals surface area contributed by atoms with Gasteiger partial charge in [-0.25, -0.2) is 4.98 Å². The van der Waals surface area contributed by atoms with Crippen molar-refractivity contribution in [2.45, 2.75) is 19.8 Å². The summed E-state index contributed by atoms with van der Waals surface area (Å²) < 4.78 is 0.836. The van der Waals surface area contributed by atoms with E-state index in [0.29, 0.717) is 10.6 Å². The van der Waals surface area contributed by atoms with Gasteiger partial charge in [0.25, 0.3) is 0 Å². The van der Waals surface area contributed by atoms with Crippen LogP contribution in [0.25, 0.3) is 0 Å². The maximum Gasteiger partial charge on any atom is 0.186 e. The molecule has 0 saturated carbocycles. The van der Waals surface area contributed by atoms with E-state index in [9.17, 15) is 10.1 Å². The minimum Gasteiger partial charge on any atom is -0.292 e. The van der Waals surface area contributed by atoms with Crippen molar-refractivity contribution in [3.8, 4) is 6.07 Å². The van der Waals surface area contributed by atoms with Gasteiger partial charge in [0.2, 0.25) is 0 Å². The predicted octanol–water partition coefficient (Wildman–Crippen LogP) is 4.01. The lowest BCUT2D eigenvalue weighted by Gasteiger charge is -2.07. The first-order valence-electron chi connectivity index (χ1n) is 5.64. The predicted molar refractivity (Wildman–Crippen MR) is 78.4 cm³/mol.